The van der Waals surface area contributed by atoms with Crippen LogP contribution in [0, 0.1) is 5.92 Å². The molecule has 0 aliphatic heterocycles. The highest BCUT2D eigenvalue weighted by Gasteiger charge is 2.07. The molecule has 1 N–H and O–H groups in total. The van der Waals surface area contributed by atoms with E-state index in [1.807, 2.05) is 30.3 Å². The molecule has 0 aliphatic carbocycles. The molecule has 0 spiro atoms. The first-order valence-corrected chi connectivity index (χ1v) is 9.94. The predicted octanol–water partition coefficient (Wildman–Crippen LogP) is 4.47. The molecule has 0 saturated carbocycles. The van der Waals surface area contributed by atoms with E-state index >= 15 is 0 Å². The van der Waals surface area contributed by atoms with Crippen molar-refractivity contribution < 1.29 is 23.7 Å². The Kier molecular flexibility index (Phi) is 9.06. The standard InChI is InChI=1S/C24H31NO5/c1-17(2)12-13-30-21-10-7-19(15-23(21)29-5)16-25-24(26)11-8-18-6-9-20(27-3)22(14-18)28-4/h6-11,14-15,17H,12-13,16H2,1-5H3,(H,25,26)/b11-8+. The average molecular weight is 414 g/mol. The van der Waals surface area contributed by atoms with Crippen molar-refractivity contribution in [2.45, 2.75) is 26.8 Å². The zero-order valence-corrected chi connectivity index (χ0v) is 18.4. The smallest absolute Gasteiger partial charge is 0.244 e. The van der Waals surface area contributed by atoms with Crippen LogP contribution < -0.4 is 24.3 Å². The average Bonchev–Trinajstić information content (AvgIpc) is 2.76. The molecule has 6 heteroatoms. The van der Waals surface area contributed by atoms with Crippen LogP contribution in [-0.4, -0.2) is 33.8 Å². The van der Waals surface area contributed by atoms with Gasteiger partial charge in [0.05, 0.1) is 27.9 Å². The summed E-state index contributed by atoms with van der Waals surface area (Å²) in [6, 6.07) is 11.1. The number of nitrogens with one attached hydrogen (secondary N) is 1. The first kappa shape index (κ1) is 23.1. The van der Waals surface area contributed by atoms with Gasteiger partial charge in [0.2, 0.25) is 5.91 Å². The third-order valence-corrected chi connectivity index (χ3v) is 4.48. The zero-order chi connectivity index (χ0) is 21.9. The van der Waals surface area contributed by atoms with E-state index in [4.69, 9.17) is 18.9 Å². The first-order chi connectivity index (χ1) is 14.5. The molecular formula is C24H31NO5. The van der Waals surface area contributed by atoms with Crippen LogP contribution in [0.2, 0.25) is 0 Å². The summed E-state index contributed by atoms with van der Waals surface area (Å²) in [6.45, 7) is 5.35. The summed E-state index contributed by atoms with van der Waals surface area (Å²) in [5.41, 5.74) is 1.77. The molecule has 0 heterocycles. The minimum Gasteiger partial charge on any atom is -0.493 e. The fourth-order valence-electron chi connectivity index (χ4n) is 2.72. The summed E-state index contributed by atoms with van der Waals surface area (Å²) in [5, 5.41) is 2.87. The highest BCUT2D eigenvalue weighted by atomic mass is 16.5. The Labute approximate surface area is 178 Å². The van der Waals surface area contributed by atoms with Crippen LogP contribution in [0.4, 0.5) is 0 Å². The van der Waals surface area contributed by atoms with E-state index in [0.29, 0.717) is 42.1 Å². The van der Waals surface area contributed by atoms with Gasteiger partial charge in [0.15, 0.2) is 23.0 Å². The minimum absolute atomic E-state index is 0.194. The Bertz CT molecular complexity index is 861. The third-order valence-electron chi connectivity index (χ3n) is 4.48. The number of carbonyl (C=O) groups excluding carboxylic acids is 1. The molecular weight excluding hydrogens is 382 g/mol. The van der Waals surface area contributed by atoms with E-state index in [1.54, 1.807) is 33.5 Å². The molecule has 0 fully saturated rings. The molecule has 0 saturated heterocycles. The second-order valence-corrected chi connectivity index (χ2v) is 7.18. The molecule has 2 rings (SSSR count). The van der Waals surface area contributed by atoms with Crippen molar-refractivity contribution in [3.8, 4) is 23.0 Å². The molecule has 30 heavy (non-hydrogen) atoms. The molecule has 0 aliphatic rings. The number of benzene rings is 2. The topological polar surface area (TPSA) is 66.0 Å². The molecule has 0 unspecified atom stereocenters. The maximum atomic E-state index is 12.2. The lowest BCUT2D eigenvalue weighted by atomic mass is 10.1. The Balaban J connectivity index is 1.93. The van der Waals surface area contributed by atoms with Crippen LogP contribution in [0.25, 0.3) is 6.08 Å². The predicted molar refractivity (Wildman–Crippen MR) is 118 cm³/mol. The highest BCUT2D eigenvalue weighted by Crippen LogP contribution is 2.29. The van der Waals surface area contributed by atoms with E-state index in [9.17, 15) is 4.79 Å². The Morgan fingerprint density at radius 1 is 0.933 bits per heavy atom. The number of ether oxygens (including phenoxy) is 4. The third kappa shape index (κ3) is 7.03. The Hall–Kier alpha value is -3.15. The molecule has 6 nitrogen and oxygen atoms in total. The monoisotopic (exact) mass is 413 g/mol. The van der Waals surface area contributed by atoms with Gasteiger partial charge in [-0.15, -0.1) is 0 Å². The van der Waals surface area contributed by atoms with Crippen LogP contribution >= 0.6 is 0 Å². The quantitative estimate of drug-likeness (QED) is 0.551. The van der Waals surface area contributed by atoms with Gasteiger partial charge in [0, 0.05) is 12.6 Å². The molecule has 0 atom stereocenters. The number of carbonyl (C=O) groups is 1. The summed E-state index contributed by atoms with van der Waals surface area (Å²) in [5.74, 6) is 3.01. The van der Waals surface area contributed by atoms with Gasteiger partial charge in [-0.25, -0.2) is 0 Å². The van der Waals surface area contributed by atoms with E-state index in [1.165, 1.54) is 6.08 Å². The maximum absolute atomic E-state index is 12.2. The summed E-state index contributed by atoms with van der Waals surface area (Å²) in [4.78, 5) is 12.2. The fraction of sp³-hybridized carbons (Fsp3) is 0.375. The molecule has 162 valence electrons. The summed E-state index contributed by atoms with van der Waals surface area (Å²) >= 11 is 0. The Morgan fingerprint density at radius 2 is 1.60 bits per heavy atom. The van der Waals surface area contributed by atoms with Gasteiger partial charge in [-0.3, -0.25) is 4.79 Å². The molecule has 0 bridgehead atoms. The molecule has 2 aromatic rings. The number of methoxy groups -OCH3 is 3. The van der Waals surface area contributed by atoms with Gasteiger partial charge in [-0.2, -0.15) is 0 Å². The van der Waals surface area contributed by atoms with Gasteiger partial charge in [0.1, 0.15) is 0 Å². The lowest BCUT2D eigenvalue weighted by Gasteiger charge is -2.13. The number of hydrogen-bond acceptors (Lipinski definition) is 5. The van der Waals surface area contributed by atoms with Crippen molar-refractivity contribution in [3.05, 3.63) is 53.6 Å². The van der Waals surface area contributed by atoms with Crippen molar-refractivity contribution in [2.75, 3.05) is 27.9 Å². The second-order valence-electron chi connectivity index (χ2n) is 7.18. The molecule has 1 amide bonds. The van der Waals surface area contributed by atoms with Gasteiger partial charge in [-0.1, -0.05) is 26.0 Å². The zero-order valence-electron chi connectivity index (χ0n) is 18.4. The van der Waals surface area contributed by atoms with Crippen molar-refractivity contribution in [2.24, 2.45) is 5.92 Å². The SMILES string of the molecule is COc1ccc(/C=C/C(=O)NCc2ccc(OCCC(C)C)c(OC)c2)cc1OC. The van der Waals surface area contributed by atoms with Crippen molar-refractivity contribution >= 4 is 12.0 Å². The molecule has 0 aromatic heterocycles. The van der Waals surface area contributed by atoms with Crippen molar-refractivity contribution in [1.82, 2.24) is 5.32 Å². The van der Waals surface area contributed by atoms with Crippen LogP contribution in [-0.2, 0) is 11.3 Å². The minimum atomic E-state index is -0.194. The molecule has 2 aromatic carbocycles. The van der Waals surface area contributed by atoms with Crippen molar-refractivity contribution in [1.29, 1.82) is 0 Å². The fourth-order valence-corrected chi connectivity index (χ4v) is 2.72. The Morgan fingerprint density at radius 3 is 2.27 bits per heavy atom. The lowest BCUT2D eigenvalue weighted by Crippen LogP contribution is -2.20. The van der Waals surface area contributed by atoms with Crippen LogP contribution in [0.5, 0.6) is 23.0 Å². The lowest BCUT2D eigenvalue weighted by molar-refractivity contribution is -0.116. The summed E-state index contributed by atoms with van der Waals surface area (Å²) in [6.07, 6.45) is 4.19. The number of amides is 1. The van der Waals surface area contributed by atoms with E-state index in [0.717, 1.165) is 17.5 Å². The highest BCUT2D eigenvalue weighted by molar-refractivity contribution is 5.91. The van der Waals surface area contributed by atoms with Crippen molar-refractivity contribution in [3.63, 3.8) is 0 Å². The van der Waals surface area contributed by atoms with E-state index in [-0.39, 0.29) is 5.91 Å². The van der Waals surface area contributed by atoms with Gasteiger partial charge >= 0.3 is 0 Å². The second kappa shape index (κ2) is 11.8. The van der Waals surface area contributed by atoms with Gasteiger partial charge in [-0.05, 0) is 53.8 Å². The van der Waals surface area contributed by atoms with E-state index in [2.05, 4.69) is 19.2 Å². The molecule has 0 radical (unpaired) electrons. The van der Waals surface area contributed by atoms with Crippen LogP contribution in [0.3, 0.4) is 0 Å². The normalized spacial score (nSPS) is 10.9. The largest absolute Gasteiger partial charge is 0.493 e. The number of rotatable bonds is 11. The van der Waals surface area contributed by atoms with Gasteiger partial charge < -0.3 is 24.3 Å². The van der Waals surface area contributed by atoms with Crippen LogP contribution in [0.15, 0.2) is 42.5 Å². The number of hydrogen-bond donors (Lipinski definition) is 1. The first-order valence-electron chi connectivity index (χ1n) is 9.94. The van der Waals surface area contributed by atoms with E-state index < -0.39 is 0 Å². The van der Waals surface area contributed by atoms with Gasteiger partial charge in [0.25, 0.3) is 0 Å². The summed E-state index contributed by atoms with van der Waals surface area (Å²) in [7, 11) is 4.77. The summed E-state index contributed by atoms with van der Waals surface area (Å²) < 4.78 is 21.7. The maximum Gasteiger partial charge on any atom is 0.244 e. The van der Waals surface area contributed by atoms with Crippen LogP contribution in [0.1, 0.15) is 31.4 Å².